The summed E-state index contributed by atoms with van der Waals surface area (Å²) in [5, 5.41) is 9.57. The first-order valence-corrected chi connectivity index (χ1v) is 10.0. The van der Waals surface area contributed by atoms with Crippen LogP contribution in [0.15, 0.2) is 42.5 Å². The van der Waals surface area contributed by atoms with Gasteiger partial charge in [-0.3, -0.25) is 4.79 Å². The van der Waals surface area contributed by atoms with Crippen LogP contribution in [0.4, 0.5) is 0 Å². The largest absolute Gasteiger partial charge is 0.492 e. The maximum Gasteiger partial charge on any atom is 0.304 e. The number of halogens is 1. The lowest BCUT2D eigenvalue weighted by atomic mass is 9.74. The second-order valence-electron chi connectivity index (χ2n) is 7.59. The number of carbonyl (C=O) groups is 1. The number of fused-ring (bicyclic) bond motifs is 2. The van der Waals surface area contributed by atoms with Crippen LogP contribution >= 0.6 is 11.6 Å². The molecule has 2 aromatic carbocycles. The van der Waals surface area contributed by atoms with E-state index < -0.39 is 5.97 Å². The van der Waals surface area contributed by atoms with E-state index in [2.05, 4.69) is 11.0 Å². The van der Waals surface area contributed by atoms with Crippen molar-refractivity contribution >= 4 is 17.6 Å². The van der Waals surface area contributed by atoms with E-state index >= 15 is 0 Å². The average molecular weight is 402 g/mol. The molecule has 0 aliphatic carbocycles. The molecule has 1 N–H and O–H groups in total. The molecule has 2 aliphatic heterocycles. The van der Waals surface area contributed by atoms with Gasteiger partial charge in [-0.05, 0) is 38.1 Å². The molecule has 2 aliphatic rings. The summed E-state index contributed by atoms with van der Waals surface area (Å²) in [7, 11) is 0. The maximum atomic E-state index is 10.8. The first kappa shape index (κ1) is 19.1. The van der Waals surface area contributed by atoms with Gasteiger partial charge < -0.3 is 19.5 Å². The number of piperidine rings is 1. The molecule has 0 radical (unpaired) electrons. The number of aliphatic carboxylic acids is 1. The van der Waals surface area contributed by atoms with Gasteiger partial charge >= 0.3 is 5.97 Å². The van der Waals surface area contributed by atoms with E-state index in [1.54, 1.807) is 0 Å². The predicted molar refractivity (Wildman–Crippen MR) is 107 cm³/mol. The van der Waals surface area contributed by atoms with Crippen LogP contribution in [0.3, 0.4) is 0 Å². The zero-order valence-electron chi connectivity index (χ0n) is 15.7. The lowest BCUT2D eigenvalue weighted by Gasteiger charge is -2.38. The molecule has 148 valence electrons. The van der Waals surface area contributed by atoms with E-state index in [4.69, 9.17) is 26.2 Å². The molecule has 1 saturated heterocycles. The smallest absolute Gasteiger partial charge is 0.304 e. The van der Waals surface area contributed by atoms with Crippen molar-refractivity contribution in [3.63, 3.8) is 0 Å². The number of carboxylic acid groups (broad SMARTS) is 1. The van der Waals surface area contributed by atoms with E-state index in [1.807, 2.05) is 36.4 Å². The van der Waals surface area contributed by atoms with Crippen molar-refractivity contribution < 1.29 is 19.4 Å². The highest BCUT2D eigenvalue weighted by Gasteiger charge is 2.43. The minimum Gasteiger partial charge on any atom is -0.492 e. The standard InChI is InChI=1S/C22H24ClNO4/c23-19-4-2-1-3-16(19)14-27-17-5-6-18-20(13-17)28-15-22(18)8-11-24(12-9-22)10-7-21(25)26/h1-6,13H,7-12,14-15H2,(H,25,26). The monoisotopic (exact) mass is 401 g/mol. The fraction of sp³-hybridized carbons (Fsp3) is 0.409. The van der Waals surface area contributed by atoms with Crippen LogP contribution in [0, 0.1) is 0 Å². The van der Waals surface area contributed by atoms with Crippen molar-refractivity contribution in [1.29, 1.82) is 0 Å². The quantitative estimate of drug-likeness (QED) is 0.789. The Morgan fingerprint density at radius 1 is 1.21 bits per heavy atom. The van der Waals surface area contributed by atoms with Crippen LogP contribution < -0.4 is 9.47 Å². The van der Waals surface area contributed by atoms with Gasteiger partial charge in [-0.15, -0.1) is 0 Å². The van der Waals surface area contributed by atoms with Crippen molar-refractivity contribution in [2.45, 2.75) is 31.3 Å². The van der Waals surface area contributed by atoms with Crippen molar-refractivity contribution in [2.24, 2.45) is 0 Å². The van der Waals surface area contributed by atoms with Crippen LogP contribution in [-0.4, -0.2) is 42.2 Å². The topological polar surface area (TPSA) is 59.0 Å². The normalized spacial score (nSPS) is 17.9. The minimum absolute atomic E-state index is 0.0380. The van der Waals surface area contributed by atoms with Gasteiger partial charge in [0.15, 0.2) is 0 Å². The van der Waals surface area contributed by atoms with Gasteiger partial charge in [-0.2, -0.15) is 0 Å². The average Bonchev–Trinajstić information content (AvgIpc) is 3.04. The van der Waals surface area contributed by atoms with Gasteiger partial charge in [0, 0.05) is 34.2 Å². The third kappa shape index (κ3) is 3.96. The summed E-state index contributed by atoms with van der Waals surface area (Å²) in [6, 6.07) is 13.8. The summed E-state index contributed by atoms with van der Waals surface area (Å²) in [4.78, 5) is 13.0. The molecule has 1 fully saturated rings. The summed E-state index contributed by atoms with van der Waals surface area (Å²) in [5.74, 6) is 0.935. The minimum atomic E-state index is -0.737. The molecule has 2 aromatic rings. The lowest BCUT2D eigenvalue weighted by molar-refractivity contribution is -0.137. The summed E-state index contributed by atoms with van der Waals surface area (Å²) >= 11 is 6.19. The number of rotatable bonds is 6. The molecule has 0 amide bonds. The van der Waals surface area contributed by atoms with E-state index in [-0.39, 0.29) is 11.8 Å². The number of hydrogen-bond donors (Lipinski definition) is 1. The molecule has 4 rings (SSSR count). The molecule has 28 heavy (non-hydrogen) atoms. The highest BCUT2D eigenvalue weighted by molar-refractivity contribution is 6.31. The summed E-state index contributed by atoms with van der Waals surface area (Å²) in [6.07, 6.45) is 2.17. The molecular formula is C22H24ClNO4. The fourth-order valence-electron chi connectivity index (χ4n) is 4.09. The van der Waals surface area contributed by atoms with E-state index in [9.17, 15) is 4.79 Å². The molecule has 0 saturated carbocycles. The summed E-state index contributed by atoms with van der Waals surface area (Å²) in [5.41, 5.74) is 2.24. The Morgan fingerprint density at radius 3 is 2.75 bits per heavy atom. The highest BCUT2D eigenvalue weighted by Crippen LogP contribution is 2.46. The number of ether oxygens (including phenoxy) is 2. The molecule has 6 heteroatoms. The molecule has 1 spiro atoms. The summed E-state index contributed by atoms with van der Waals surface area (Å²) < 4.78 is 11.9. The molecule has 0 unspecified atom stereocenters. The van der Waals surface area contributed by atoms with Crippen molar-refractivity contribution in [2.75, 3.05) is 26.2 Å². The van der Waals surface area contributed by atoms with Gasteiger partial charge in [0.05, 0.1) is 13.0 Å². The third-order valence-electron chi connectivity index (χ3n) is 5.84. The van der Waals surface area contributed by atoms with E-state index in [0.717, 1.165) is 43.0 Å². The third-order valence-corrected chi connectivity index (χ3v) is 6.20. The molecule has 2 heterocycles. The molecule has 5 nitrogen and oxygen atoms in total. The van der Waals surface area contributed by atoms with E-state index in [1.165, 1.54) is 5.56 Å². The van der Waals surface area contributed by atoms with Gasteiger partial charge in [-0.25, -0.2) is 0 Å². The molecule has 0 atom stereocenters. The van der Waals surface area contributed by atoms with Crippen LogP contribution in [0.5, 0.6) is 11.5 Å². The van der Waals surface area contributed by atoms with Gasteiger partial charge in [0.25, 0.3) is 0 Å². The van der Waals surface area contributed by atoms with Gasteiger partial charge in [-0.1, -0.05) is 35.9 Å². The summed E-state index contributed by atoms with van der Waals surface area (Å²) in [6.45, 7) is 3.53. The van der Waals surface area contributed by atoms with Crippen LogP contribution in [0.2, 0.25) is 5.02 Å². The lowest BCUT2D eigenvalue weighted by Crippen LogP contribution is -2.44. The zero-order valence-corrected chi connectivity index (χ0v) is 16.5. The Hall–Kier alpha value is -2.24. The predicted octanol–water partition coefficient (Wildman–Crippen LogP) is 4.12. The van der Waals surface area contributed by atoms with Crippen molar-refractivity contribution in [1.82, 2.24) is 4.90 Å². The number of carboxylic acids is 1. The van der Waals surface area contributed by atoms with Crippen LogP contribution in [-0.2, 0) is 16.8 Å². The van der Waals surface area contributed by atoms with Crippen LogP contribution in [0.1, 0.15) is 30.4 Å². The van der Waals surface area contributed by atoms with Gasteiger partial charge in [0.1, 0.15) is 18.1 Å². The van der Waals surface area contributed by atoms with Crippen LogP contribution in [0.25, 0.3) is 0 Å². The number of hydrogen-bond acceptors (Lipinski definition) is 4. The Labute approximate surface area is 169 Å². The Balaban J connectivity index is 1.40. The second kappa shape index (κ2) is 8.02. The Bertz CT molecular complexity index is 861. The Kier molecular flexibility index (Phi) is 5.47. The fourth-order valence-corrected chi connectivity index (χ4v) is 4.28. The number of benzene rings is 2. The van der Waals surface area contributed by atoms with E-state index in [0.29, 0.717) is 24.8 Å². The SMILES string of the molecule is O=C(O)CCN1CCC2(CC1)COc1cc(OCc3ccccc3Cl)ccc12. The highest BCUT2D eigenvalue weighted by atomic mass is 35.5. The maximum absolute atomic E-state index is 10.8. The molecular weight excluding hydrogens is 378 g/mol. The van der Waals surface area contributed by atoms with Gasteiger partial charge in [0.2, 0.25) is 0 Å². The zero-order chi connectivity index (χ0) is 19.6. The van der Waals surface area contributed by atoms with Crippen molar-refractivity contribution in [3.05, 3.63) is 58.6 Å². The second-order valence-corrected chi connectivity index (χ2v) is 8.00. The van der Waals surface area contributed by atoms with Crippen molar-refractivity contribution in [3.8, 4) is 11.5 Å². The first-order chi connectivity index (χ1) is 13.6. The number of nitrogens with zero attached hydrogens (tertiary/aromatic N) is 1. The first-order valence-electron chi connectivity index (χ1n) is 9.63. The Morgan fingerprint density at radius 2 is 2.00 bits per heavy atom. The molecule has 0 aromatic heterocycles. The number of likely N-dealkylation sites (tertiary alicyclic amines) is 1. The molecule has 0 bridgehead atoms.